The molecule has 1 aromatic rings. The lowest BCUT2D eigenvalue weighted by Crippen LogP contribution is -2.39. The molecule has 0 atom stereocenters. The molecule has 1 aromatic carbocycles. The number of benzene rings is 1. The summed E-state index contributed by atoms with van der Waals surface area (Å²) in [6, 6.07) is 10.3. The lowest BCUT2D eigenvalue weighted by molar-refractivity contribution is -0.139. The van der Waals surface area contributed by atoms with Crippen molar-refractivity contribution in [2.75, 3.05) is 13.1 Å². The molecule has 0 spiro atoms. The average molecular weight is 231 g/mol. The van der Waals surface area contributed by atoms with Crippen molar-refractivity contribution in [3.63, 3.8) is 0 Å². The zero-order valence-corrected chi connectivity index (χ0v) is 9.89. The van der Waals surface area contributed by atoms with E-state index in [2.05, 4.69) is 12.1 Å². The zero-order chi connectivity index (χ0) is 12.1. The maximum atomic E-state index is 11.6. The molecule has 1 aliphatic heterocycles. The normalized spacial score (nSPS) is 16.4. The number of carbonyl (C=O) groups excluding carboxylic acids is 2. The van der Waals surface area contributed by atoms with Crippen molar-refractivity contribution in [3.05, 3.63) is 35.9 Å². The molecule has 1 saturated heterocycles. The summed E-state index contributed by atoms with van der Waals surface area (Å²) in [4.78, 5) is 24.4. The van der Waals surface area contributed by atoms with E-state index in [-0.39, 0.29) is 18.1 Å². The largest absolute Gasteiger partial charge is 0.342 e. The summed E-state index contributed by atoms with van der Waals surface area (Å²) in [7, 11) is 0. The third-order valence-electron chi connectivity index (χ3n) is 3.10. The van der Waals surface area contributed by atoms with Gasteiger partial charge in [0.25, 0.3) is 0 Å². The molecule has 0 bridgehead atoms. The van der Waals surface area contributed by atoms with E-state index in [4.69, 9.17) is 0 Å². The summed E-state index contributed by atoms with van der Waals surface area (Å²) in [6.45, 7) is 1.37. The van der Waals surface area contributed by atoms with Crippen molar-refractivity contribution in [1.29, 1.82) is 0 Å². The SMILES string of the molecule is O=C1CCN(CCCc2ccccc2)C(=O)C1. The number of Topliss-reactive ketones (excluding diaryl/α,β-unsaturated/α-hetero) is 1. The second-order valence-electron chi connectivity index (χ2n) is 4.44. The number of hydrogen-bond donors (Lipinski definition) is 0. The molecule has 2 rings (SSSR count). The third kappa shape index (κ3) is 3.41. The Bertz CT molecular complexity index is 400. The van der Waals surface area contributed by atoms with E-state index in [9.17, 15) is 9.59 Å². The molecule has 0 saturated carbocycles. The van der Waals surface area contributed by atoms with Crippen LogP contribution in [0.5, 0.6) is 0 Å². The van der Waals surface area contributed by atoms with Gasteiger partial charge in [0.05, 0.1) is 6.42 Å². The van der Waals surface area contributed by atoms with Crippen LogP contribution in [-0.2, 0) is 16.0 Å². The van der Waals surface area contributed by atoms with Crippen molar-refractivity contribution >= 4 is 11.7 Å². The molecule has 3 nitrogen and oxygen atoms in total. The van der Waals surface area contributed by atoms with Gasteiger partial charge in [0.1, 0.15) is 5.78 Å². The summed E-state index contributed by atoms with van der Waals surface area (Å²) in [6.07, 6.45) is 2.57. The topological polar surface area (TPSA) is 37.4 Å². The first kappa shape index (κ1) is 11.8. The Morgan fingerprint density at radius 3 is 2.59 bits per heavy atom. The van der Waals surface area contributed by atoms with Gasteiger partial charge in [0.2, 0.25) is 5.91 Å². The standard InChI is InChI=1S/C14H17NO2/c16-13-8-10-15(14(17)11-13)9-4-7-12-5-2-1-3-6-12/h1-3,5-6H,4,7-11H2. The first-order chi connectivity index (χ1) is 8.25. The van der Waals surface area contributed by atoms with E-state index in [0.717, 1.165) is 19.4 Å². The van der Waals surface area contributed by atoms with Crippen LogP contribution in [0.3, 0.4) is 0 Å². The van der Waals surface area contributed by atoms with E-state index < -0.39 is 0 Å². The van der Waals surface area contributed by atoms with Crippen LogP contribution in [-0.4, -0.2) is 29.7 Å². The molecule has 0 radical (unpaired) electrons. The van der Waals surface area contributed by atoms with Gasteiger partial charge < -0.3 is 4.90 Å². The van der Waals surface area contributed by atoms with Crippen LogP contribution < -0.4 is 0 Å². The fourth-order valence-electron chi connectivity index (χ4n) is 2.11. The summed E-state index contributed by atoms with van der Waals surface area (Å²) >= 11 is 0. The number of carbonyl (C=O) groups is 2. The van der Waals surface area contributed by atoms with E-state index in [1.165, 1.54) is 5.56 Å². The minimum absolute atomic E-state index is 0.00527. The summed E-state index contributed by atoms with van der Waals surface area (Å²) in [5, 5.41) is 0. The molecule has 3 heteroatoms. The molecule has 0 unspecified atom stereocenters. The van der Waals surface area contributed by atoms with Crippen LogP contribution in [0.1, 0.15) is 24.8 Å². The molecule has 1 amide bonds. The highest BCUT2D eigenvalue weighted by Gasteiger charge is 2.22. The van der Waals surface area contributed by atoms with Crippen LogP contribution in [0, 0.1) is 0 Å². The van der Waals surface area contributed by atoms with Crippen LogP contribution in [0.2, 0.25) is 0 Å². The van der Waals surface area contributed by atoms with Crippen LogP contribution in [0.15, 0.2) is 30.3 Å². The van der Waals surface area contributed by atoms with Gasteiger partial charge in [-0.1, -0.05) is 30.3 Å². The first-order valence-electron chi connectivity index (χ1n) is 6.09. The number of hydrogen-bond acceptors (Lipinski definition) is 2. The lowest BCUT2D eigenvalue weighted by Gasteiger charge is -2.25. The quantitative estimate of drug-likeness (QED) is 0.741. The predicted octanol–water partition coefficient (Wildman–Crippen LogP) is 1.81. The molecular formula is C14H17NO2. The molecule has 0 aromatic heterocycles. The van der Waals surface area contributed by atoms with Gasteiger partial charge in [0.15, 0.2) is 0 Å². The van der Waals surface area contributed by atoms with Gasteiger partial charge >= 0.3 is 0 Å². The van der Waals surface area contributed by atoms with Crippen LogP contribution >= 0.6 is 0 Å². The van der Waals surface area contributed by atoms with Gasteiger partial charge in [-0.15, -0.1) is 0 Å². The minimum atomic E-state index is -0.00527. The maximum absolute atomic E-state index is 11.6. The lowest BCUT2D eigenvalue weighted by atomic mass is 10.1. The van der Waals surface area contributed by atoms with Crippen molar-refractivity contribution in [1.82, 2.24) is 4.90 Å². The van der Waals surface area contributed by atoms with Crippen molar-refractivity contribution in [2.45, 2.75) is 25.7 Å². The molecule has 0 aliphatic carbocycles. The van der Waals surface area contributed by atoms with Gasteiger partial charge in [0, 0.05) is 19.5 Å². The molecule has 0 N–H and O–H groups in total. The molecule has 17 heavy (non-hydrogen) atoms. The number of rotatable bonds is 4. The van der Waals surface area contributed by atoms with Crippen molar-refractivity contribution in [2.24, 2.45) is 0 Å². The van der Waals surface area contributed by atoms with Gasteiger partial charge in [-0.2, -0.15) is 0 Å². The Morgan fingerprint density at radius 1 is 1.12 bits per heavy atom. The number of likely N-dealkylation sites (tertiary alicyclic amines) is 1. The monoisotopic (exact) mass is 231 g/mol. The smallest absolute Gasteiger partial charge is 0.230 e. The number of amides is 1. The summed E-state index contributed by atoms with van der Waals surface area (Å²) in [5.41, 5.74) is 1.30. The third-order valence-corrected chi connectivity index (χ3v) is 3.10. The Hall–Kier alpha value is -1.64. The Balaban J connectivity index is 1.75. The van der Waals surface area contributed by atoms with E-state index in [1.807, 2.05) is 23.1 Å². The zero-order valence-electron chi connectivity index (χ0n) is 9.89. The number of piperidine rings is 1. The highest BCUT2D eigenvalue weighted by Crippen LogP contribution is 2.09. The minimum Gasteiger partial charge on any atom is -0.342 e. The molecule has 90 valence electrons. The molecule has 1 heterocycles. The Kier molecular flexibility index (Phi) is 3.91. The first-order valence-corrected chi connectivity index (χ1v) is 6.09. The van der Waals surface area contributed by atoms with Gasteiger partial charge in [-0.3, -0.25) is 9.59 Å². The van der Waals surface area contributed by atoms with Gasteiger partial charge in [-0.05, 0) is 18.4 Å². The molecule has 1 aliphatic rings. The maximum Gasteiger partial charge on any atom is 0.230 e. The van der Waals surface area contributed by atoms with E-state index >= 15 is 0 Å². The van der Waals surface area contributed by atoms with Crippen LogP contribution in [0.4, 0.5) is 0 Å². The summed E-state index contributed by atoms with van der Waals surface area (Å²) in [5.74, 6) is 0.0728. The average Bonchev–Trinajstić information content (AvgIpc) is 2.33. The summed E-state index contributed by atoms with van der Waals surface area (Å²) < 4.78 is 0. The van der Waals surface area contributed by atoms with Crippen molar-refractivity contribution < 1.29 is 9.59 Å². The fourth-order valence-corrected chi connectivity index (χ4v) is 2.11. The van der Waals surface area contributed by atoms with E-state index in [0.29, 0.717) is 13.0 Å². The highest BCUT2D eigenvalue weighted by atomic mass is 16.2. The number of ketones is 1. The van der Waals surface area contributed by atoms with Crippen molar-refractivity contribution in [3.8, 4) is 0 Å². The molecule has 1 fully saturated rings. The highest BCUT2D eigenvalue weighted by molar-refractivity contribution is 6.00. The predicted molar refractivity (Wildman–Crippen MR) is 65.6 cm³/mol. The number of nitrogens with zero attached hydrogens (tertiary/aromatic N) is 1. The molecular weight excluding hydrogens is 214 g/mol. The van der Waals surface area contributed by atoms with Crippen LogP contribution in [0.25, 0.3) is 0 Å². The van der Waals surface area contributed by atoms with E-state index in [1.54, 1.807) is 0 Å². The van der Waals surface area contributed by atoms with Gasteiger partial charge in [-0.25, -0.2) is 0 Å². The fraction of sp³-hybridized carbons (Fsp3) is 0.429. The Morgan fingerprint density at radius 2 is 1.88 bits per heavy atom. The Labute approximate surface area is 101 Å². The second-order valence-corrected chi connectivity index (χ2v) is 4.44. The number of aryl methyl sites for hydroxylation is 1. The second kappa shape index (κ2) is 5.62.